The van der Waals surface area contributed by atoms with Crippen LogP contribution in [0.25, 0.3) is 0 Å². The van der Waals surface area contributed by atoms with Gasteiger partial charge in [0.2, 0.25) is 0 Å². The minimum atomic E-state index is -0.325. The Kier molecular flexibility index (Phi) is 6.99. The van der Waals surface area contributed by atoms with Crippen molar-refractivity contribution in [3.8, 4) is 5.75 Å². The Hall–Kier alpha value is -2.15. The molecule has 0 saturated heterocycles. The number of methoxy groups -OCH3 is 1. The second-order valence-electron chi connectivity index (χ2n) is 4.78. The molecule has 0 spiro atoms. The SMILES string of the molecule is COCCOc1ccc(NC(=S)NC(=O)c2cccc(Cl)c2)cc1. The number of carbonyl (C=O) groups excluding carboxylic acids is 1. The first kappa shape index (κ1) is 18.2. The van der Waals surface area contributed by atoms with Gasteiger partial charge in [0.05, 0.1) is 6.61 Å². The third-order valence-corrected chi connectivity index (χ3v) is 3.42. The van der Waals surface area contributed by atoms with Gasteiger partial charge < -0.3 is 14.8 Å². The van der Waals surface area contributed by atoms with Crippen LogP contribution in [0.15, 0.2) is 48.5 Å². The van der Waals surface area contributed by atoms with Gasteiger partial charge in [0.15, 0.2) is 5.11 Å². The molecule has 0 saturated carbocycles. The summed E-state index contributed by atoms with van der Waals surface area (Å²) in [7, 11) is 1.62. The van der Waals surface area contributed by atoms with Gasteiger partial charge in [-0.05, 0) is 54.7 Å². The van der Waals surface area contributed by atoms with E-state index in [9.17, 15) is 4.79 Å². The number of nitrogens with one attached hydrogen (secondary N) is 2. The lowest BCUT2D eigenvalue weighted by Gasteiger charge is -2.11. The minimum absolute atomic E-state index is 0.202. The second-order valence-corrected chi connectivity index (χ2v) is 5.63. The number of amides is 1. The molecule has 5 nitrogen and oxygen atoms in total. The van der Waals surface area contributed by atoms with Crippen LogP contribution >= 0.6 is 23.8 Å². The fourth-order valence-electron chi connectivity index (χ4n) is 1.84. The van der Waals surface area contributed by atoms with E-state index in [0.29, 0.717) is 23.8 Å². The van der Waals surface area contributed by atoms with Crippen molar-refractivity contribution < 1.29 is 14.3 Å². The van der Waals surface area contributed by atoms with Crippen molar-refractivity contribution in [3.05, 3.63) is 59.1 Å². The lowest BCUT2D eigenvalue weighted by molar-refractivity contribution is 0.0977. The lowest BCUT2D eigenvalue weighted by Crippen LogP contribution is -2.34. The molecule has 0 atom stereocenters. The molecule has 7 heteroatoms. The Bertz CT molecular complexity index is 707. The van der Waals surface area contributed by atoms with Gasteiger partial charge in [0.25, 0.3) is 5.91 Å². The van der Waals surface area contributed by atoms with Crippen molar-refractivity contribution in [1.29, 1.82) is 0 Å². The smallest absolute Gasteiger partial charge is 0.257 e. The first-order valence-electron chi connectivity index (χ1n) is 7.18. The van der Waals surface area contributed by atoms with Gasteiger partial charge in [-0.3, -0.25) is 10.1 Å². The van der Waals surface area contributed by atoms with E-state index in [1.54, 1.807) is 55.6 Å². The van der Waals surface area contributed by atoms with Gasteiger partial charge in [0.1, 0.15) is 12.4 Å². The molecule has 0 aromatic heterocycles. The van der Waals surface area contributed by atoms with Crippen LogP contribution in [0.3, 0.4) is 0 Å². The Morgan fingerprint density at radius 3 is 2.58 bits per heavy atom. The topological polar surface area (TPSA) is 59.6 Å². The minimum Gasteiger partial charge on any atom is -0.491 e. The van der Waals surface area contributed by atoms with Crippen LogP contribution in [0.1, 0.15) is 10.4 Å². The van der Waals surface area contributed by atoms with E-state index in [1.165, 1.54) is 0 Å². The highest BCUT2D eigenvalue weighted by molar-refractivity contribution is 7.80. The Balaban J connectivity index is 1.86. The Morgan fingerprint density at radius 1 is 1.17 bits per heavy atom. The molecule has 0 aliphatic rings. The van der Waals surface area contributed by atoms with Crippen molar-refractivity contribution in [3.63, 3.8) is 0 Å². The Morgan fingerprint density at radius 2 is 1.92 bits per heavy atom. The molecular formula is C17H17ClN2O3S. The van der Waals surface area contributed by atoms with Gasteiger partial charge in [0, 0.05) is 23.4 Å². The number of carbonyl (C=O) groups is 1. The molecule has 0 aliphatic carbocycles. The molecule has 2 aromatic rings. The molecular weight excluding hydrogens is 348 g/mol. The van der Waals surface area contributed by atoms with Crippen molar-refractivity contribution in [2.45, 2.75) is 0 Å². The molecule has 0 bridgehead atoms. The molecule has 2 N–H and O–H groups in total. The van der Waals surface area contributed by atoms with E-state index < -0.39 is 0 Å². The second kappa shape index (κ2) is 9.22. The maximum absolute atomic E-state index is 12.1. The van der Waals surface area contributed by atoms with Crippen molar-refractivity contribution in [1.82, 2.24) is 5.32 Å². The zero-order chi connectivity index (χ0) is 17.4. The van der Waals surface area contributed by atoms with E-state index in [-0.39, 0.29) is 11.0 Å². The standard InChI is InChI=1S/C17H17ClN2O3S/c1-22-9-10-23-15-7-5-14(6-8-15)19-17(24)20-16(21)12-3-2-4-13(18)11-12/h2-8,11H,9-10H2,1H3,(H2,19,20,21,24). The number of hydrogen-bond donors (Lipinski definition) is 2. The maximum Gasteiger partial charge on any atom is 0.257 e. The third kappa shape index (κ3) is 5.81. The highest BCUT2D eigenvalue weighted by atomic mass is 35.5. The number of thiocarbonyl (C=S) groups is 1. The summed E-state index contributed by atoms with van der Waals surface area (Å²) < 4.78 is 10.4. The highest BCUT2D eigenvalue weighted by Gasteiger charge is 2.08. The van der Waals surface area contributed by atoms with Gasteiger partial charge in [-0.2, -0.15) is 0 Å². The summed E-state index contributed by atoms with van der Waals surface area (Å²) in [5, 5.41) is 6.23. The summed E-state index contributed by atoms with van der Waals surface area (Å²) in [6.45, 7) is 1.01. The van der Waals surface area contributed by atoms with E-state index in [1.807, 2.05) is 0 Å². The molecule has 0 aliphatic heterocycles. The van der Waals surface area contributed by atoms with Crippen LogP contribution in [-0.2, 0) is 4.74 Å². The van der Waals surface area contributed by atoms with Crippen LogP contribution in [0.2, 0.25) is 5.02 Å². The summed E-state index contributed by atoms with van der Waals surface area (Å²) in [5.74, 6) is 0.404. The maximum atomic E-state index is 12.1. The van der Waals surface area contributed by atoms with Gasteiger partial charge in [-0.25, -0.2) is 0 Å². The number of ether oxygens (including phenoxy) is 2. The molecule has 2 rings (SSSR count). The van der Waals surface area contributed by atoms with Crippen molar-refractivity contribution in [2.24, 2.45) is 0 Å². The monoisotopic (exact) mass is 364 g/mol. The van der Waals surface area contributed by atoms with E-state index in [2.05, 4.69) is 10.6 Å². The van der Waals surface area contributed by atoms with Gasteiger partial charge >= 0.3 is 0 Å². The Labute approximate surface area is 150 Å². The van der Waals surface area contributed by atoms with Crippen LogP contribution in [0.5, 0.6) is 5.75 Å². The molecule has 1 amide bonds. The first-order valence-corrected chi connectivity index (χ1v) is 7.97. The zero-order valence-corrected chi connectivity index (χ0v) is 14.6. The van der Waals surface area contributed by atoms with Crippen LogP contribution < -0.4 is 15.4 Å². The van der Waals surface area contributed by atoms with Crippen LogP contribution in [-0.4, -0.2) is 31.3 Å². The summed E-state index contributed by atoms with van der Waals surface area (Å²) in [5.41, 5.74) is 1.18. The highest BCUT2D eigenvalue weighted by Crippen LogP contribution is 2.16. The van der Waals surface area contributed by atoms with Crippen molar-refractivity contribution >= 4 is 40.5 Å². The summed E-state index contributed by atoms with van der Waals surface area (Å²) >= 11 is 11.0. The number of hydrogen-bond acceptors (Lipinski definition) is 4. The molecule has 126 valence electrons. The van der Waals surface area contributed by atoms with Crippen LogP contribution in [0, 0.1) is 0 Å². The first-order chi connectivity index (χ1) is 11.6. The quantitative estimate of drug-likeness (QED) is 0.607. The summed E-state index contributed by atoms with van der Waals surface area (Å²) in [4.78, 5) is 12.1. The largest absolute Gasteiger partial charge is 0.491 e. The summed E-state index contributed by atoms with van der Waals surface area (Å²) in [6.07, 6.45) is 0. The van der Waals surface area contributed by atoms with Gasteiger partial charge in [-0.1, -0.05) is 17.7 Å². The number of rotatable bonds is 6. The number of anilines is 1. The molecule has 0 unspecified atom stereocenters. The van der Waals surface area contributed by atoms with E-state index in [0.717, 1.165) is 11.4 Å². The molecule has 2 aromatic carbocycles. The van der Waals surface area contributed by atoms with Gasteiger partial charge in [-0.15, -0.1) is 0 Å². The third-order valence-electron chi connectivity index (χ3n) is 2.98. The molecule has 0 fully saturated rings. The number of halogens is 1. The van der Waals surface area contributed by atoms with Crippen LogP contribution in [0.4, 0.5) is 5.69 Å². The predicted octanol–water partition coefficient (Wildman–Crippen LogP) is 3.49. The van der Waals surface area contributed by atoms with Crippen molar-refractivity contribution in [2.75, 3.05) is 25.6 Å². The fourth-order valence-corrected chi connectivity index (χ4v) is 2.25. The normalized spacial score (nSPS) is 10.1. The average Bonchev–Trinajstić information content (AvgIpc) is 2.56. The fraction of sp³-hybridized carbons (Fsp3) is 0.176. The molecule has 24 heavy (non-hydrogen) atoms. The predicted molar refractivity (Wildman–Crippen MR) is 99.0 cm³/mol. The molecule has 0 radical (unpaired) electrons. The lowest BCUT2D eigenvalue weighted by atomic mass is 10.2. The average molecular weight is 365 g/mol. The molecule has 0 heterocycles. The van der Waals surface area contributed by atoms with E-state index >= 15 is 0 Å². The zero-order valence-electron chi connectivity index (χ0n) is 13.0. The number of benzene rings is 2. The summed E-state index contributed by atoms with van der Waals surface area (Å²) in [6, 6.07) is 13.9. The van der Waals surface area contributed by atoms with E-state index in [4.69, 9.17) is 33.3 Å².